The molecule has 15 heteroatoms. The second kappa shape index (κ2) is 35.3. The average molecular weight is 1850 g/mol. The highest BCUT2D eigenvalue weighted by molar-refractivity contribution is 6.11. The van der Waals surface area contributed by atoms with Gasteiger partial charge in [-0.1, -0.05) is 328 Å². The lowest BCUT2D eigenvalue weighted by molar-refractivity contribution is 0.668. The summed E-state index contributed by atoms with van der Waals surface area (Å²) < 4.78 is 37.4. The van der Waals surface area contributed by atoms with Crippen molar-refractivity contribution in [3.63, 3.8) is 0 Å². The molecule has 0 amide bonds. The average Bonchev–Trinajstić information content (AvgIpc) is 1.60. The van der Waals surface area contributed by atoms with E-state index in [4.69, 9.17) is 71.4 Å². The number of para-hydroxylation sites is 6. The topological polar surface area (TPSA) is 195 Å². The first-order valence-electron chi connectivity index (χ1n) is 47.7. The third-order valence-electron chi connectivity index (χ3n) is 26.8. The number of furan rings is 6. The molecule has 0 N–H and O–H groups in total. The van der Waals surface area contributed by atoms with Crippen molar-refractivity contribution in [1.29, 1.82) is 0 Å². The zero-order valence-corrected chi connectivity index (χ0v) is 76.9. The van der Waals surface area contributed by atoms with Crippen LogP contribution >= 0.6 is 0 Å². The molecule has 0 aliphatic rings. The first-order chi connectivity index (χ1) is 71.2. The maximum atomic E-state index is 6.27. The Labute approximate surface area is 822 Å². The molecule has 0 saturated carbocycles. The van der Waals surface area contributed by atoms with Crippen LogP contribution in [0.3, 0.4) is 0 Å². The van der Waals surface area contributed by atoms with Crippen LogP contribution in [0.2, 0.25) is 0 Å². The molecular weight excluding hydrogens is 1770 g/mol. The molecular formula is C129H77N9O6. The lowest BCUT2D eigenvalue weighted by Crippen LogP contribution is -2.00. The molecule has 9 aromatic heterocycles. The van der Waals surface area contributed by atoms with Gasteiger partial charge in [-0.2, -0.15) is 0 Å². The smallest absolute Gasteiger partial charge is 0.164 e. The third kappa shape index (κ3) is 15.7. The predicted molar refractivity (Wildman–Crippen MR) is 579 cm³/mol. The molecule has 144 heavy (non-hydrogen) atoms. The number of hydrogen-bond acceptors (Lipinski definition) is 15. The van der Waals surface area contributed by atoms with Crippen LogP contribution in [0.25, 0.3) is 290 Å². The summed E-state index contributed by atoms with van der Waals surface area (Å²) >= 11 is 0. The van der Waals surface area contributed by atoms with Gasteiger partial charge in [0.25, 0.3) is 0 Å². The van der Waals surface area contributed by atoms with E-state index in [0.717, 1.165) is 226 Å². The van der Waals surface area contributed by atoms with E-state index in [1.165, 1.54) is 11.1 Å². The van der Waals surface area contributed by atoms with Crippen LogP contribution in [0.1, 0.15) is 0 Å². The molecule has 674 valence electrons. The number of aromatic nitrogens is 9. The second-order valence-electron chi connectivity index (χ2n) is 35.8. The molecule has 0 radical (unpaired) electrons. The van der Waals surface area contributed by atoms with Crippen molar-refractivity contribution in [1.82, 2.24) is 44.9 Å². The van der Waals surface area contributed by atoms with E-state index < -0.39 is 0 Å². The molecule has 0 atom stereocenters. The highest BCUT2D eigenvalue weighted by Crippen LogP contribution is 2.44. The van der Waals surface area contributed by atoms with Gasteiger partial charge in [0.15, 0.2) is 52.4 Å². The number of hydrogen-bond donors (Lipinski definition) is 0. The largest absolute Gasteiger partial charge is 0.456 e. The number of nitrogens with zero attached hydrogens (tertiary/aromatic N) is 9. The minimum absolute atomic E-state index is 0.559. The zero-order chi connectivity index (χ0) is 95.1. The highest BCUT2D eigenvalue weighted by Gasteiger charge is 2.24. The van der Waals surface area contributed by atoms with E-state index in [0.29, 0.717) is 52.4 Å². The van der Waals surface area contributed by atoms with Crippen molar-refractivity contribution < 1.29 is 26.5 Å². The predicted octanol–water partition coefficient (Wildman–Crippen LogP) is 34.3. The van der Waals surface area contributed by atoms with E-state index in [1.54, 1.807) is 0 Å². The monoisotopic (exact) mass is 1850 g/mol. The van der Waals surface area contributed by atoms with Gasteiger partial charge < -0.3 is 26.5 Å². The minimum Gasteiger partial charge on any atom is -0.456 e. The van der Waals surface area contributed by atoms with Crippen molar-refractivity contribution in [2.24, 2.45) is 0 Å². The van der Waals surface area contributed by atoms with E-state index in [1.807, 2.05) is 194 Å². The van der Waals surface area contributed by atoms with Crippen LogP contribution in [0.5, 0.6) is 0 Å². The van der Waals surface area contributed by atoms with E-state index in [9.17, 15) is 0 Å². The minimum atomic E-state index is 0.559. The van der Waals surface area contributed by atoms with Crippen LogP contribution in [0.15, 0.2) is 494 Å². The fourth-order valence-corrected chi connectivity index (χ4v) is 19.6. The van der Waals surface area contributed by atoms with Gasteiger partial charge in [0, 0.05) is 115 Å². The van der Waals surface area contributed by atoms with Crippen molar-refractivity contribution in [2.75, 3.05) is 0 Å². The molecule has 15 nitrogen and oxygen atoms in total. The molecule has 0 spiro atoms. The second-order valence-corrected chi connectivity index (χ2v) is 35.8. The van der Waals surface area contributed by atoms with Gasteiger partial charge in [-0.05, 0) is 195 Å². The maximum Gasteiger partial charge on any atom is 0.164 e. The van der Waals surface area contributed by atoms with Crippen LogP contribution < -0.4 is 0 Å². The Balaban J connectivity index is 0.000000108. The fraction of sp³-hybridized carbons (Fsp3) is 0. The molecule has 29 aromatic rings. The summed E-state index contributed by atoms with van der Waals surface area (Å²) in [6.45, 7) is 0. The van der Waals surface area contributed by atoms with Crippen LogP contribution in [0, 0.1) is 0 Å². The first kappa shape index (κ1) is 83.6. The number of rotatable bonds is 14. The molecule has 20 aromatic carbocycles. The Morgan fingerprint density at radius 2 is 0.236 bits per heavy atom. The normalized spacial score (nSPS) is 11.6. The molecule has 0 unspecified atom stereocenters. The van der Waals surface area contributed by atoms with Crippen LogP contribution in [-0.4, -0.2) is 44.9 Å². The highest BCUT2D eigenvalue weighted by atomic mass is 16.3. The van der Waals surface area contributed by atoms with Gasteiger partial charge >= 0.3 is 0 Å². The summed E-state index contributed by atoms with van der Waals surface area (Å²) in [6, 6.07) is 159. The van der Waals surface area contributed by atoms with Gasteiger partial charge in [0.2, 0.25) is 0 Å². The summed E-state index contributed by atoms with van der Waals surface area (Å²) in [5, 5.41) is 12.8. The van der Waals surface area contributed by atoms with E-state index in [-0.39, 0.29) is 0 Å². The van der Waals surface area contributed by atoms with E-state index in [2.05, 4.69) is 273 Å². The summed E-state index contributed by atoms with van der Waals surface area (Å²) in [4.78, 5) is 45.5. The quantitative estimate of drug-likeness (QED) is 0.0996. The van der Waals surface area contributed by atoms with Crippen molar-refractivity contribution in [2.45, 2.75) is 0 Å². The first-order valence-corrected chi connectivity index (χ1v) is 47.7. The SMILES string of the molecule is c1ccc(-c2cc(-c3ccccc3)cc(-c3nc(-c4ccc5c(c4)oc4ccccc45)nc(-c4ccc5c(c4)oc4ccccc45)n3)c2)cc1.c1ccc(-c2ccc(-c3cccc(-c4nc(-c5ccc6c(c5)oc5ccccc56)nc(-c5ccc6c(c5)oc5ccccc56)n4)c3)cc2)cc1.c1ccc(-c2cccc(-c3nc(-c4ccc5c(c4)oc4ccccc45)nc(-c4ccc5c(c4)oc4ccccc45)n3)c2)cc1. The fourth-order valence-electron chi connectivity index (χ4n) is 19.6. The van der Waals surface area contributed by atoms with E-state index >= 15 is 0 Å². The van der Waals surface area contributed by atoms with Gasteiger partial charge in [-0.25, -0.2) is 44.9 Å². The Morgan fingerprint density at radius 3 is 0.479 bits per heavy atom. The third-order valence-corrected chi connectivity index (χ3v) is 26.8. The summed E-state index contributed by atoms with van der Waals surface area (Å²) in [6.07, 6.45) is 0. The summed E-state index contributed by atoms with van der Waals surface area (Å²) in [7, 11) is 0. The van der Waals surface area contributed by atoms with Gasteiger partial charge in [0.05, 0.1) is 0 Å². The molecule has 0 aliphatic heterocycles. The maximum absolute atomic E-state index is 6.27. The van der Waals surface area contributed by atoms with Crippen LogP contribution in [-0.2, 0) is 0 Å². The lowest BCUT2D eigenvalue weighted by Gasteiger charge is -2.12. The number of fused-ring (bicyclic) bond motifs is 18. The Morgan fingerprint density at radius 1 is 0.0903 bits per heavy atom. The summed E-state index contributed by atoms with van der Waals surface area (Å²) in [5.74, 6) is 5.15. The Kier molecular flexibility index (Phi) is 20.5. The zero-order valence-electron chi connectivity index (χ0n) is 76.9. The standard InChI is InChI=1S/2C45H27N3O2.C39H23N3O2/c1-3-11-28(12-4-1)32-23-33(29-13-5-2-6-14-29)25-34(24-32)45-47-43(30-19-21-37-35-15-7-9-17-39(35)49-41(37)26-30)46-44(48-45)31-20-22-38-36-16-8-10-18-40(36)50-42(38)27-31;1-2-9-28(10-3-1)29-17-19-30(20-18-29)31-11-8-12-32(25-31)43-46-44(33-21-23-37-35-13-4-6-15-39(35)49-41(37)26-33)48-45(47-43)34-22-24-38-36-14-5-7-16-40(36)50-42(38)27-34;1-2-9-24(10-3-1)25-11-8-12-26(21-25)37-40-38(27-17-19-31-29-13-4-6-15-33(29)43-35(31)22-27)42-39(41-37)28-18-20-32-30-14-5-7-16-34(30)44-36(32)23-28/h2*1-27H;1-23H. The molecule has 29 rings (SSSR count). The summed E-state index contributed by atoms with van der Waals surface area (Å²) in [5.41, 5.74) is 28.8. The molecule has 0 saturated heterocycles. The van der Waals surface area contributed by atoms with Crippen molar-refractivity contribution in [3.05, 3.63) is 467 Å². The Bertz CT molecular complexity index is 9620. The molecule has 0 fully saturated rings. The van der Waals surface area contributed by atoms with Crippen molar-refractivity contribution in [3.8, 4) is 158 Å². The molecule has 0 aliphatic carbocycles. The van der Waals surface area contributed by atoms with Crippen molar-refractivity contribution >= 4 is 132 Å². The van der Waals surface area contributed by atoms with Gasteiger partial charge in [-0.15, -0.1) is 0 Å². The lowest BCUT2D eigenvalue weighted by atomic mass is 9.96. The Hall–Kier alpha value is -19.8. The molecule has 9 heterocycles. The van der Waals surface area contributed by atoms with Crippen LogP contribution in [0.4, 0.5) is 0 Å². The molecule has 0 bridgehead atoms. The van der Waals surface area contributed by atoms with Gasteiger partial charge in [0.1, 0.15) is 67.0 Å². The number of benzene rings is 20. The van der Waals surface area contributed by atoms with Gasteiger partial charge in [-0.3, -0.25) is 0 Å².